The van der Waals surface area contributed by atoms with Gasteiger partial charge in [-0.05, 0) is 29.7 Å². The highest BCUT2D eigenvalue weighted by molar-refractivity contribution is 6.34. The quantitative estimate of drug-likeness (QED) is 0.848. The molecule has 1 aromatic carbocycles. The second-order valence-corrected chi connectivity index (χ2v) is 4.68. The molecule has 1 fully saturated rings. The number of benzene rings is 1. The van der Waals surface area contributed by atoms with E-state index in [1.165, 1.54) is 0 Å². The van der Waals surface area contributed by atoms with E-state index in [1.807, 2.05) is 24.3 Å². The van der Waals surface area contributed by atoms with Crippen molar-refractivity contribution in [1.82, 2.24) is 10.3 Å². The zero-order chi connectivity index (χ0) is 11.7. The Morgan fingerprint density at radius 2 is 2.24 bits per heavy atom. The molecule has 4 heteroatoms. The Hall–Kier alpha value is -1.32. The highest BCUT2D eigenvalue weighted by Gasteiger charge is 2.17. The SMILES string of the molecule is Clc1nccc2cc(OCC3CNC3)ccc12. The van der Waals surface area contributed by atoms with E-state index >= 15 is 0 Å². The van der Waals surface area contributed by atoms with Crippen LogP contribution in [0.3, 0.4) is 0 Å². The average molecular weight is 249 g/mol. The Morgan fingerprint density at radius 1 is 1.35 bits per heavy atom. The van der Waals surface area contributed by atoms with Crippen LogP contribution in [-0.2, 0) is 0 Å². The second-order valence-electron chi connectivity index (χ2n) is 4.32. The molecular formula is C13H13ClN2O. The molecule has 0 bridgehead atoms. The van der Waals surface area contributed by atoms with Crippen LogP contribution in [0.5, 0.6) is 5.75 Å². The standard InChI is InChI=1S/C13H13ClN2O/c14-13-12-2-1-11(5-10(12)3-4-16-13)17-8-9-6-15-7-9/h1-5,9,15H,6-8H2. The molecule has 0 aliphatic carbocycles. The normalized spacial score (nSPS) is 15.8. The van der Waals surface area contributed by atoms with Gasteiger partial charge < -0.3 is 10.1 Å². The molecule has 1 aliphatic heterocycles. The molecule has 0 saturated carbocycles. The summed E-state index contributed by atoms with van der Waals surface area (Å²) in [6.07, 6.45) is 1.71. The number of fused-ring (bicyclic) bond motifs is 1. The highest BCUT2D eigenvalue weighted by Crippen LogP contribution is 2.25. The predicted octanol–water partition coefficient (Wildman–Crippen LogP) is 2.49. The Morgan fingerprint density at radius 3 is 3.00 bits per heavy atom. The van der Waals surface area contributed by atoms with E-state index in [2.05, 4.69) is 10.3 Å². The molecule has 0 amide bonds. The minimum absolute atomic E-state index is 0.539. The molecule has 0 radical (unpaired) electrons. The molecule has 1 N–H and O–H groups in total. The largest absolute Gasteiger partial charge is 0.493 e. The maximum Gasteiger partial charge on any atom is 0.136 e. The van der Waals surface area contributed by atoms with Gasteiger partial charge >= 0.3 is 0 Å². The summed E-state index contributed by atoms with van der Waals surface area (Å²) >= 11 is 6.01. The molecular weight excluding hydrogens is 236 g/mol. The third-order valence-electron chi connectivity index (χ3n) is 3.04. The molecule has 0 spiro atoms. The molecule has 2 aromatic rings. The number of hydrogen-bond acceptors (Lipinski definition) is 3. The number of nitrogens with one attached hydrogen (secondary N) is 1. The molecule has 1 saturated heterocycles. The fourth-order valence-corrected chi connectivity index (χ4v) is 2.12. The maximum absolute atomic E-state index is 6.01. The summed E-state index contributed by atoms with van der Waals surface area (Å²) in [7, 11) is 0. The molecule has 17 heavy (non-hydrogen) atoms. The number of rotatable bonds is 3. The lowest BCUT2D eigenvalue weighted by Gasteiger charge is -2.26. The van der Waals surface area contributed by atoms with Gasteiger partial charge in [0, 0.05) is 30.6 Å². The topological polar surface area (TPSA) is 34.1 Å². The van der Waals surface area contributed by atoms with Gasteiger partial charge in [-0.2, -0.15) is 0 Å². The van der Waals surface area contributed by atoms with Gasteiger partial charge in [-0.25, -0.2) is 4.98 Å². The molecule has 2 heterocycles. The fourth-order valence-electron chi connectivity index (χ4n) is 1.89. The minimum Gasteiger partial charge on any atom is -0.493 e. The smallest absolute Gasteiger partial charge is 0.136 e. The predicted molar refractivity (Wildman–Crippen MR) is 68.6 cm³/mol. The van der Waals surface area contributed by atoms with Gasteiger partial charge in [-0.1, -0.05) is 11.6 Å². The minimum atomic E-state index is 0.539. The van der Waals surface area contributed by atoms with Crippen molar-refractivity contribution in [2.75, 3.05) is 19.7 Å². The third-order valence-corrected chi connectivity index (χ3v) is 3.34. The summed E-state index contributed by atoms with van der Waals surface area (Å²) in [5.74, 6) is 1.54. The van der Waals surface area contributed by atoms with Crippen LogP contribution in [0.25, 0.3) is 10.8 Å². The van der Waals surface area contributed by atoms with Crippen molar-refractivity contribution in [2.24, 2.45) is 5.92 Å². The first-order valence-electron chi connectivity index (χ1n) is 5.71. The monoisotopic (exact) mass is 248 g/mol. The molecule has 1 aromatic heterocycles. The Labute approximate surface area is 105 Å². The van der Waals surface area contributed by atoms with Crippen LogP contribution >= 0.6 is 11.6 Å². The second kappa shape index (κ2) is 4.51. The Bertz CT molecular complexity index is 540. The number of pyridine rings is 1. The van der Waals surface area contributed by atoms with Crippen molar-refractivity contribution in [3.63, 3.8) is 0 Å². The summed E-state index contributed by atoms with van der Waals surface area (Å²) in [6.45, 7) is 2.89. The number of ether oxygens (including phenoxy) is 1. The van der Waals surface area contributed by atoms with E-state index in [-0.39, 0.29) is 0 Å². The summed E-state index contributed by atoms with van der Waals surface area (Å²) in [5.41, 5.74) is 0. The van der Waals surface area contributed by atoms with Gasteiger partial charge in [0.25, 0.3) is 0 Å². The lowest BCUT2D eigenvalue weighted by Crippen LogP contribution is -2.45. The first-order chi connectivity index (χ1) is 8.33. The van der Waals surface area contributed by atoms with Crippen LogP contribution < -0.4 is 10.1 Å². The van der Waals surface area contributed by atoms with Gasteiger partial charge in [-0.15, -0.1) is 0 Å². The van der Waals surface area contributed by atoms with Crippen LogP contribution in [0.15, 0.2) is 30.5 Å². The van der Waals surface area contributed by atoms with Crippen molar-refractivity contribution in [2.45, 2.75) is 0 Å². The Balaban J connectivity index is 1.81. The van der Waals surface area contributed by atoms with Crippen LogP contribution in [0.4, 0.5) is 0 Å². The van der Waals surface area contributed by atoms with E-state index in [0.29, 0.717) is 11.1 Å². The van der Waals surface area contributed by atoms with Crippen LogP contribution in [-0.4, -0.2) is 24.7 Å². The molecule has 0 unspecified atom stereocenters. The van der Waals surface area contributed by atoms with E-state index < -0.39 is 0 Å². The summed E-state index contributed by atoms with van der Waals surface area (Å²) in [4.78, 5) is 4.05. The van der Waals surface area contributed by atoms with Crippen molar-refractivity contribution in [3.05, 3.63) is 35.6 Å². The van der Waals surface area contributed by atoms with Gasteiger partial charge in [0.15, 0.2) is 0 Å². The van der Waals surface area contributed by atoms with Crippen molar-refractivity contribution < 1.29 is 4.74 Å². The summed E-state index contributed by atoms with van der Waals surface area (Å²) in [6, 6.07) is 7.86. The van der Waals surface area contributed by atoms with Gasteiger partial charge in [0.2, 0.25) is 0 Å². The zero-order valence-electron chi connectivity index (χ0n) is 9.32. The first-order valence-corrected chi connectivity index (χ1v) is 6.08. The number of nitrogens with zero attached hydrogens (tertiary/aromatic N) is 1. The van der Waals surface area contributed by atoms with Crippen molar-refractivity contribution in [1.29, 1.82) is 0 Å². The van der Waals surface area contributed by atoms with Gasteiger partial charge in [0.05, 0.1) is 6.61 Å². The van der Waals surface area contributed by atoms with Crippen LogP contribution in [0, 0.1) is 5.92 Å². The molecule has 3 nitrogen and oxygen atoms in total. The van der Waals surface area contributed by atoms with E-state index in [0.717, 1.165) is 36.2 Å². The number of halogens is 1. The van der Waals surface area contributed by atoms with Gasteiger partial charge in [0.1, 0.15) is 10.9 Å². The van der Waals surface area contributed by atoms with Gasteiger partial charge in [-0.3, -0.25) is 0 Å². The van der Waals surface area contributed by atoms with Crippen LogP contribution in [0.1, 0.15) is 0 Å². The molecule has 1 aliphatic rings. The maximum atomic E-state index is 6.01. The van der Waals surface area contributed by atoms with E-state index in [4.69, 9.17) is 16.3 Å². The van der Waals surface area contributed by atoms with E-state index in [1.54, 1.807) is 6.20 Å². The third kappa shape index (κ3) is 2.21. The highest BCUT2D eigenvalue weighted by atomic mass is 35.5. The lowest BCUT2D eigenvalue weighted by molar-refractivity contribution is 0.199. The fraction of sp³-hybridized carbons (Fsp3) is 0.308. The average Bonchev–Trinajstić information content (AvgIpc) is 2.27. The summed E-state index contributed by atoms with van der Waals surface area (Å²) in [5, 5.41) is 5.80. The number of aromatic nitrogens is 1. The Kier molecular flexibility index (Phi) is 2.87. The summed E-state index contributed by atoms with van der Waals surface area (Å²) < 4.78 is 5.75. The van der Waals surface area contributed by atoms with E-state index in [9.17, 15) is 0 Å². The lowest BCUT2D eigenvalue weighted by atomic mass is 10.1. The molecule has 3 rings (SSSR count). The van der Waals surface area contributed by atoms with Crippen molar-refractivity contribution in [3.8, 4) is 5.75 Å². The van der Waals surface area contributed by atoms with Crippen molar-refractivity contribution >= 4 is 22.4 Å². The zero-order valence-corrected chi connectivity index (χ0v) is 10.1. The molecule has 88 valence electrons. The number of hydrogen-bond donors (Lipinski definition) is 1. The van der Waals surface area contributed by atoms with Crippen LogP contribution in [0.2, 0.25) is 5.15 Å². The molecule has 0 atom stereocenters. The first kappa shape index (κ1) is 10.8.